The molecule has 4 N–H and O–H groups in total. The summed E-state index contributed by atoms with van der Waals surface area (Å²) in [5.41, 5.74) is 12.7. The van der Waals surface area contributed by atoms with E-state index in [0.29, 0.717) is 21.0 Å². The third kappa shape index (κ3) is 2.27. The van der Waals surface area contributed by atoms with Crippen LogP contribution in [0.3, 0.4) is 0 Å². The minimum Gasteiger partial charge on any atom is -0.394 e. The average molecular weight is 391 g/mol. The van der Waals surface area contributed by atoms with Crippen LogP contribution in [0.15, 0.2) is 28.7 Å². The van der Waals surface area contributed by atoms with Crippen LogP contribution in [-0.4, -0.2) is 9.97 Å². The predicted molar refractivity (Wildman–Crippen MR) is 76.7 cm³/mol. The highest BCUT2D eigenvalue weighted by Crippen LogP contribution is 2.25. The van der Waals surface area contributed by atoms with Crippen molar-refractivity contribution in [2.45, 2.75) is 0 Å². The zero-order valence-electron chi connectivity index (χ0n) is 8.11. The normalized spacial score (nSPS) is 10.4. The maximum Gasteiger partial charge on any atom is 0.162 e. The largest absolute Gasteiger partial charge is 0.394 e. The summed E-state index contributed by atoms with van der Waals surface area (Å²) >= 11 is 5.44. The molecule has 82 valence electrons. The zero-order valence-corrected chi connectivity index (χ0v) is 11.9. The molecule has 1 aromatic heterocycles. The van der Waals surface area contributed by atoms with Crippen molar-refractivity contribution in [2.24, 2.45) is 0 Å². The number of nitrogens with zero attached hydrogens (tertiary/aromatic N) is 2. The standard InChI is InChI=1S/C10H8BrIN4/c11-6-3-1-2-5(4-6)10-15-8(12)7(13)9(14)16-10/h1-4H,13H2,(H2,14,15,16). The summed E-state index contributed by atoms with van der Waals surface area (Å²) in [5, 5.41) is 0. The summed E-state index contributed by atoms with van der Waals surface area (Å²) in [5.74, 6) is 0.895. The second-order valence-corrected chi connectivity index (χ2v) is 5.08. The summed E-state index contributed by atoms with van der Waals surface area (Å²) in [6.07, 6.45) is 0. The fourth-order valence-electron chi connectivity index (χ4n) is 1.21. The average Bonchev–Trinajstić information content (AvgIpc) is 2.25. The molecule has 0 saturated carbocycles. The lowest BCUT2D eigenvalue weighted by Gasteiger charge is -2.05. The third-order valence-electron chi connectivity index (χ3n) is 2.01. The van der Waals surface area contributed by atoms with Crippen molar-refractivity contribution >= 4 is 50.0 Å². The van der Waals surface area contributed by atoms with E-state index in [9.17, 15) is 0 Å². The number of benzene rings is 1. The molecule has 4 nitrogen and oxygen atoms in total. The summed E-state index contributed by atoms with van der Waals surface area (Å²) < 4.78 is 1.64. The number of aromatic nitrogens is 2. The van der Waals surface area contributed by atoms with Crippen molar-refractivity contribution in [1.29, 1.82) is 0 Å². The van der Waals surface area contributed by atoms with Gasteiger partial charge < -0.3 is 11.5 Å². The van der Waals surface area contributed by atoms with Gasteiger partial charge in [-0.2, -0.15) is 0 Å². The van der Waals surface area contributed by atoms with E-state index in [1.54, 1.807) is 0 Å². The monoisotopic (exact) mass is 390 g/mol. The van der Waals surface area contributed by atoms with Gasteiger partial charge in [0.15, 0.2) is 11.6 Å². The highest BCUT2D eigenvalue weighted by atomic mass is 127. The first kappa shape index (κ1) is 11.6. The van der Waals surface area contributed by atoms with Crippen LogP contribution in [0, 0.1) is 3.70 Å². The molecule has 0 aliphatic carbocycles. The molecule has 0 unspecified atom stereocenters. The number of halogens is 2. The molecule has 16 heavy (non-hydrogen) atoms. The Morgan fingerprint density at radius 3 is 2.56 bits per heavy atom. The second-order valence-electron chi connectivity index (χ2n) is 3.15. The van der Waals surface area contributed by atoms with Crippen LogP contribution in [0.1, 0.15) is 0 Å². The van der Waals surface area contributed by atoms with Gasteiger partial charge in [-0.25, -0.2) is 9.97 Å². The van der Waals surface area contributed by atoms with Crippen LogP contribution in [0.4, 0.5) is 11.5 Å². The van der Waals surface area contributed by atoms with Gasteiger partial charge in [0.25, 0.3) is 0 Å². The lowest BCUT2D eigenvalue weighted by Crippen LogP contribution is -2.04. The minimum absolute atomic E-state index is 0.314. The van der Waals surface area contributed by atoms with E-state index in [0.717, 1.165) is 10.0 Å². The van der Waals surface area contributed by atoms with Gasteiger partial charge in [-0.3, -0.25) is 0 Å². The van der Waals surface area contributed by atoms with E-state index in [2.05, 4.69) is 25.9 Å². The Kier molecular flexibility index (Phi) is 3.29. The Bertz CT molecular complexity index is 521. The van der Waals surface area contributed by atoms with E-state index in [1.165, 1.54) is 0 Å². The van der Waals surface area contributed by atoms with Crippen molar-refractivity contribution < 1.29 is 0 Å². The first-order valence-electron chi connectivity index (χ1n) is 4.42. The Balaban J connectivity index is 2.57. The summed E-state index contributed by atoms with van der Waals surface area (Å²) in [4.78, 5) is 8.46. The van der Waals surface area contributed by atoms with Crippen LogP contribution in [0.2, 0.25) is 0 Å². The lowest BCUT2D eigenvalue weighted by molar-refractivity contribution is 1.16. The molecule has 0 atom stereocenters. The van der Waals surface area contributed by atoms with Crippen LogP contribution < -0.4 is 11.5 Å². The summed E-state index contributed by atoms with van der Waals surface area (Å²) in [6.45, 7) is 0. The molecule has 0 spiro atoms. The maximum absolute atomic E-state index is 5.70. The fraction of sp³-hybridized carbons (Fsp3) is 0. The highest BCUT2D eigenvalue weighted by Gasteiger charge is 2.08. The van der Waals surface area contributed by atoms with E-state index in [4.69, 9.17) is 11.5 Å². The first-order chi connectivity index (χ1) is 7.58. The smallest absolute Gasteiger partial charge is 0.162 e. The Hall–Kier alpha value is -0.890. The van der Waals surface area contributed by atoms with Gasteiger partial charge in [-0.1, -0.05) is 28.1 Å². The van der Waals surface area contributed by atoms with Gasteiger partial charge in [-0.15, -0.1) is 0 Å². The van der Waals surface area contributed by atoms with Gasteiger partial charge in [0.2, 0.25) is 0 Å². The van der Waals surface area contributed by atoms with Crippen LogP contribution >= 0.6 is 38.5 Å². The van der Waals surface area contributed by atoms with Crippen molar-refractivity contribution in [3.05, 3.63) is 32.4 Å². The number of hydrogen-bond donors (Lipinski definition) is 2. The molecule has 0 saturated heterocycles. The van der Waals surface area contributed by atoms with Crippen molar-refractivity contribution in [1.82, 2.24) is 9.97 Å². The fourth-order valence-corrected chi connectivity index (χ4v) is 2.12. The molecule has 6 heteroatoms. The van der Waals surface area contributed by atoms with Crippen molar-refractivity contribution in [3.8, 4) is 11.4 Å². The molecule has 2 rings (SSSR count). The molecule has 1 heterocycles. The molecule has 0 amide bonds. The quantitative estimate of drug-likeness (QED) is 0.579. The molecular formula is C10H8BrIN4. The van der Waals surface area contributed by atoms with Gasteiger partial charge in [-0.05, 0) is 34.7 Å². The molecule has 0 radical (unpaired) electrons. The number of hydrogen-bond acceptors (Lipinski definition) is 4. The third-order valence-corrected chi connectivity index (χ3v) is 3.33. The first-order valence-corrected chi connectivity index (χ1v) is 6.29. The van der Waals surface area contributed by atoms with Gasteiger partial charge in [0, 0.05) is 10.0 Å². The van der Waals surface area contributed by atoms with Gasteiger partial charge in [0.05, 0.1) is 0 Å². The van der Waals surface area contributed by atoms with E-state index < -0.39 is 0 Å². The van der Waals surface area contributed by atoms with Gasteiger partial charge >= 0.3 is 0 Å². The van der Waals surface area contributed by atoms with Crippen LogP contribution in [0.25, 0.3) is 11.4 Å². The molecule has 0 bridgehead atoms. The summed E-state index contributed by atoms with van der Waals surface area (Å²) in [6, 6.07) is 7.71. The van der Waals surface area contributed by atoms with E-state index in [1.807, 2.05) is 46.9 Å². The summed E-state index contributed by atoms with van der Waals surface area (Å²) in [7, 11) is 0. The van der Waals surface area contributed by atoms with Crippen molar-refractivity contribution in [2.75, 3.05) is 11.5 Å². The van der Waals surface area contributed by atoms with E-state index in [-0.39, 0.29) is 0 Å². The lowest BCUT2D eigenvalue weighted by atomic mass is 10.2. The molecule has 1 aromatic carbocycles. The number of nitrogens with two attached hydrogens (primary N) is 2. The molecule has 0 fully saturated rings. The molecular weight excluding hydrogens is 383 g/mol. The van der Waals surface area contributed by atoms with Crippen LogP contribution in [-0.2, 0) is 0 Å². The molecule has 0 aliphatic rings. The minimum atomic E-state index is 0.314. The molecule has 0 aliphatic heterocycles. The molecule has 2 aromatic rings. The Morgan fingerprint density at radius 2 is 1.94 bits per heavy atom. The SMILES string of the molecule is Nc1nc(-c2cccc(Br)c2)nc(I)c1N. The zero-order chi connectivity index (χ0) is 11.7. The number of anilines is 2. The Labute approximate surface area is 115 Å². The van der Waals surface area contributed by atoms with Crippen LogP contribution in [0.5, 0.6) is 0 Å². The number of nitrogen functional groups attached to an aromatic ring is 2. The topological polar surface area (TPSA) is 77.8 Å². The second kappa shape index (κ2) is 4.54. The predicted octanol–water partition coefficient (Wildman–Crippen LogP) is 2.68. The Morgan fingerprint density at radius 1 is 1.19 bits per heavy atom. The van der Waals surface area contributed by atoms with E-state index >= 15 is 0 Å². The van der Waals surface area contributed by atoms with Gasteiger partial charge in [0.1, 0.15) is 9.39 Å². The van der Waals surface area contributed by atoms with Crippen molar-refractivity contribution in [3.63, 3.8) is 0 Å². The highest BCUT2D eigenvalue weighted by molar-refractivity contribution is 14.1. The maximum atomic E-state index is 5.70. The number of rotatable bonds is 1.